The van der Waals surface area contributed by atoms with Gasteiger partial charge >= 0.3 is 0 Å². The van der Waals surface area contributed by atoms with E-state index < -0.39 is 0 Å². The van der Waals surface area contributed by atoms with Gasteiger partial charge in [0.15, 0.2) is 6.61 Å². The van der Waals surface area contributed by atoms with Gasteiger partial charge in [-0.1, -0.05) is 29.3 Å². The molecule has 2 aromatic rings. The van der Waals surface area contributed by atoms with Crippen LogP contribution in [0.15, 0.2) is 42.6 Å². The molecule has 0 spiro atoms. The van der Waals surface area contributed by atoms with Gasteiger partial charge in [-0.3, -0.25) is 4.79 Å². The minimum Gasteiger partial charge on any atom is -0.482 e. The molecule has 23 heavy (non-hydrogen) atoms. The van der Waals surface area contributed by atoms with Crippen LogP contribution < -0.4 is 9.47 Å². The second-order valence-corrected chi connectivity index (χ2v) is 5.91. The fourth-order valence-electron chi connectivity index (χ4n) is 2.13. The van der Waals surface area contributed by atoms with Gasteiger partial charge in [0.25, 0.3) is 5.91 Å². The highest BCUT2D eigenvalue weighted by Crippen LogP contribution is 2.27. The van der Waals surface area contributed by atoms with Crippen LogP contribution in [0.4, 0.5) is 0 Å². The molecule has 0 radical (unpaired) electrons. The molecule has 3 rings (SSSR count). The lowest BCUT2D eigenvalue weighted by Gasteiger charge is -2.38. The molecule has 2 heterocycles. The Morgan fingerprint density at radius 1 is 1.26 bits per heavy atom. The van der Waals surface area contributed by atoms with Crippen molar-refractivity contribution >= 4 is 29.1 Å². The van der Waals surface area contributed by atoms with Crippen LogP contribution in [0.3, 0.4) is 0 Å². The van der Waals surface area contributed by atoms with Crippen LogP contribution in [0, 0.1) is 0 Å². The van der Waals surface area contributed by atoms with Crippen LogP contribution in [0.25, 0.3) is 0 Å². The quantitative estimate of drug-likeness (QED) is 0.829. The zero-order valence-electron chi connectivity index (χ0n) is 12.1. The normalized spacial score (nSPS) is 14.3. The van der Waals surface area contributed by atoms with Gasteiger partial charge < -0.3 is 14.4 Å². The number of aromatic nitrogens is 1. The van der Waals surface area contributed by atoms with Gasteiger partial charge in [0.2, 0.25) is 5.88 Å². The fraction of sp³-hybridized carbons (Fsp3) is 0.250. The maximum atomic E-state index is 12.0. The molecule has 0 aliphatic carbocycles. The number of carbonyl (C=O) groups excluding carboxylic acids is 1. The van der Waals surface area contributed by atoms with E-state index in [1.807, 2.05) is 12.1 Å². The predicted octanol–water partition coefficient (Wildman–Crippen LogP) is 3.06. The average Bonchev–Trinajstić information content (AvgIpc) is 2.50. The summed E-state index contributed by atoms with van der Waals surface area (Å²) in [5.74, 6) is 0.886. The molecular weight excluding hydrogens is 339 g/mol. The van der Waals surface area contributed by atoms with Crippen LogP contribution in [-0.2, 0) is 4.79 Å². The van der Waals surface area contributed by atoms with Gasteiger partial charge in [-0.15, -0.1) is 0 Å². The minimum atomic E-state index is -0.114. The number of ether oxygens (including phenoxy) is 2. The van der Waals surface area contributed by atoms with Crippen molar-refractivity contribution in [3.05, 3.63) is 52.6 Å². The lowest BCUT2D eigenvalue weighted by molar-refractivity contribution is -0.142. The molecular formula is C16H14Cl2N2O3. The van der Waals surface area contributed by atoms with E-state index >= 15 is 0 Å². The minimum absolute atomic E-state index is 0.0343. The molecule has 0 N–H and O–H groups in total. The number of pyridine rings is 1. The predicted molar refractivity (Wildman–Crippen MR) is 87.2 cm³/mol. The number of likely N-dealkylation sites (tertiary alicyclic amines) is 1. The highest BCUT2D eigenvalue weighted by Gasteiger charge is 2.32. The van der Waals surface area contributed by atoms with E-state index in [1.54, 1.807) is 35.4 Å². The first-order valence-corrected chi connectivity index (χ1v) is 7.81. The third-order valence-corrected chi connectivity index (χ3v) is 3.90. The van der Waals surface area contributed by atoms with Gasteiger partial charge in [-0.2, -0.15) is 0 Å². The molecule has 1 aromatic heterocycles. The van der Waals surface area contributed by atoms with E-state index in [9.17, 15) is 4.79 Å². The number of carbonyl (C=O) groups is 1. The van der Waals surface area contributed by atoms with E-state index in [-0.39, 0.29) is 18.6 Å². The summed E-state index contributed by atoms with van der Waals surface area (Å²) in [6, 6.07) is 10.3. The van der Waals surface area contributed by atoms with Crippen molar-refractivity contribution in [1.29, 1.82) is 0 Å². The standard InChI is InChI=1S/C16H14Cl2N2O3/c17-11-4-5-14(13(18)7-11)22-10-16(21)20-8-12(9-20)23-15-3-1-2-6-19-15/h1-7,12H,8-10H2. The molecule has 1 amide bonds. The number of hydrogen-bond acceptors (Lipinski definition) is 4. The number of nitrogens with zero attached hydrogens (tertiary/aromatic N) is 2. The van der Waals surface area contributed by atoms with E-state index in [0.29, 0.717) is 34.8 Å². The molecule has 1 saturated heterocycles. The summed E-state index contributed by atoms with van der Waals surface area (Å²) in [6.45, 7) is 0.970. The van der Waals surface area contributed by atoms with Gasteiger partial charge in [0.1, 0.15) is 11.9 Å². The molecule has 7 heteroatoms. The number of halogens is 2. The van der Waals surface area contributed by atoms with Crippen LogP contribution >= 0.6 is 23.2 Å². The highest BCUT2D eigenvalue weighted by atomic mass is 35.5. The zero-order chi connectivity index (χ0) is 16.2. The van der Waals surface area contributed by atoms with Gasteiger partial charge in [0.05, 0.1) is 18.1 Å². The van der Waals surface area contributed by atoms with Gasteiger partial charge in [-0.25, -0.2) is 4.98 Å². The summed E-state index contributed by atoms with van der Waals surface area (Å²) in [6.07, 6.45) is 1.63. The molecule has 0 bridgehead atoms. The van der Waals surface area contributed by atoms with Gasteiger partial charge in [-0.05, 0) is 24.3 Å². The molecule has 0 saturated carbocycles. The molecule has 0 atom stereocenters. The maximum absolute atomic E-state index is 12.0. The monoisotopic (exact) mass is 352 g/mol. The third kappa shape index (κ3) is 4.06. The second-order valence-electron chi connectivity index (χ2n) is 5.07. The summed E-state index contributed by atoms with van der Waals surface area (Å²) in [4.78, 5) is 17.8. The Morgan fingerprint density at radius 2 is 2.09 bits per heavy atom. The molecule has 0 unspecified atom stereocenters. The molecule has 1 aliphatic rings. The Balaban J connectivity index is 1.44. The Kier molecular flexibility index (Phi) is 4.88. The Bertz CT molecular complexity index is 691. The van der Waals surface area contributed by atoms with Crippen molar-refractivity contribution in [1.82, 2.24) is 9.88 Å². The SMILES string of the molecule is O=C(COc1ccc(Cl)cc1Cl)N1CC(Oc2ccccn2)C1. The van der Waals surface area contributed by atoms with Gasteiger partial charge in [0, 0.05) is 17.3 Å². The lowest BCUT2D eigenvalue weighted by Crippen LogP contribution is -2.57. The Labute approximate surface area is 143 Å². The zero-order valence-corrected chi connectivity index (χ0v) is 13.6. The van der Waals surface area contributed by atoms with Crippen LogP contribution in [0.1, 0.15) is 0 Å². The molecule has 1 fully saturated rings. The second kappa shape index (κ2) is 7.06. The molecule has 1 aliphatic heterocycles. The summed E-state index contributed by atoms with van der Waals surface area (Å²) < 4.78 is 11.1. The fourth-order valence-corrected chi connectivity index (χ4v) is 2.59. The van der Waals surface area contributed by atoms with Crippen molar-refractivity contribution in [3.8, 4) is 11.6 Å². The Morgan fingerprint density at radius 3 is 2.78 bits per heavy atom. The summed E-state index contributed by atoms with van der Waals surface area (Å²) in [5.41, 5.74) is 0. The van der Waals surface area contributed by atoms with Crippen LogP contribution in [0.2, 0.25) is 10.0 Å². The smallest absolute Gasteiger partial charge is 0.260 e. The van der Waals surface area contributed by atoms with E-state index in [2.05, 4.69) is 4.98 Å². The van der Waals surface area contributed by atoms with E-state index in [4.69, 9.17) is 32.7 Å². The van der Waals surface area contributed by atoms with Crippen molar-refractivity contribution < 1.29 is 14.3 Å². The van der Waals surface area contributed by atoms with Crippen molar-refractivity contribution in [3.63, 3.8) is 0 Å². The largest absolute Gasteiger partial charge is 0.482 e. The number of hydrogen-bond donors (Lipinski definition) is 0. The Hall–Kier alpha value is -1.98. The molecule has 1 aromatic carbocycles. The first-order chi connectivity index (χ1) is 11.1. The first kappa shape index (κ1) is 15.9. The van der Waals surface area contributed by atoms with Crippen molar-refractivity contribution in [2.75, 3.05) is 19.7 Å². The highest BCUT2D eigenvalue weighted by molar-refractivity contribution is 6.35. The number of amides is 1. The maximum Gasteiger partial charge on any atom is 0.260 e. The summed E-state index contributed by atoms with van der Waals surface area (Å²) in [5, 5.41) is 0.899. The summed E-state index contributed by atoms with van der Waals surface area (Å²) >= 11 is 11.8. The number of rotatable bonds is 5. The van der Waals surface area contributed by atoms with Crippen molar-refractivity contribution in [2.45, 2.75) is 6.10 Å². The molecule has 120 valence electrons. The van der Waals surface area contributed by atoms with Crippen molar-refractivity contribution in [2.24, 2.45) is 0 Å². The van der Waals surface area contributed by atoms with E-state index in [0.717, 1.165) is 0 Å². The first-order valence-electron chi connectivity index (χ1n) is 7.05. The number of benzene rings is 1. The van der Waals surface area contributed by atoms with Crippen LogP contribution in [0.5, 0.6) is 11.6 Å². The summed E-state index contributed by atoms with van der Waals surface area (Å²) in [7, 11) is 0. The lowest BCUT2D eigenvalue weighted by atomic mass is 10.1. The molecule has 5 nitrogen and oxygen atoms in total. The average molecular weight is 353 g/mol. The van der Waals surface area contributed by atoms with Crippen LogP contribution in [-0.4, -0.2) is 41.6 Å². The topological polar surface area (TPSA) is 51.7 Å². The van der Waals surface area contributed by atoms with E-state index in [1.165, 1.54) is 0 Å². The third-order valence-electron chi connectivity index (χ3n) is 3.37.